The van der Waals surface area contributed by atoms with E-state index in [4.69, 9.17) is 4.74 Å². The second kappa shape index (κ2) is 7.88. The van der Waals surface area contributed by atoms with Crippen molar-refractivity contribution in [2.75, 3.05) is 31.6 Å². The van der Waals surface area contributed by atoms with Crippen molar-refractivity contribution in [3.8, 4) is 5.75 Å². The minimum absolute atomic E-state index is 0.170. The van der Waals surface area contributed by atoms with Crippen LogP contribution in [0, 0.1) is 5.92 Å². The quantitative estimate of drug-likeness (QED) is 0.627. The van der Waals surface area contributed by atoms with Gasteiger partial charge in [-0.15, -0.1) is 0 Å². The number of aromatic nitrogens is 2. The second-order valence-corrected chi connectivity index (χ2v) is 7.19. The predicted molar refractivity (Wildman–Crippen MR) is 109 cm³/mol. The highest BCUT2D eigenvalue weighted by atomic mass is 16.5. The van der Waals surface area contributed by atoms with Gasteiger partial charge in [0.2, 0.25) is 0 Å². The number of anilines is 1. The molecule has 0 spiro atoms. The van der Waals surface area contributed by atoms with Crippen LogP contribution in [0.4, 0.5) is 5.69 Å². The summed E-state index contributed by atoms with van der Waals surface area (Å²) in [7, 11) is 1.71. The molecule has 1 aliphatic rings. The fraction of sp³-hybridized carbons (Fsp3) is 0.381. The molecule has 27 heavy (non-hydrogen) atoms. The standard InChI is InChI=1S/C21H26N4O2/c1-27-20-5-3-2-4-16(20)14-25(13-15-8-10-22-11-9-15)17-6-7-18-19(12-17)24-21(26)23-18/h2-7,12,15,22H,8-11,13-14H2,1H3,(H2,23,24,26). The molecule has 0 radical (unpaired) electrons. The summed E-state index contributed by atoms with van der Waals surface area (Å²) in [6.07, 6.45) is 2.37. The fourth-order valence-corrected chi connectivity index (χ4v) is 3.89. The van der Waals surface area contributed by atoms with Crippen molar-refractivity contribution in [3.63, 3.8) is 0 Å². The SMILES string of the molecule is COc1ccccc1CN(CC1CCNCC1)c1ccc2[nH]c(=O)[nH]c2c1. The van der Waals surface area contributed by atoms with Gasteiger partial charge >= 0.3 is 5.69 Å². The van der Waals surface area contributed by atoms with Crippen LogP contribution >= 0.6 is 0 Å². The van der Waals surface area contributed by atoms with E-state index in [9.17, 15) is 4.79 Å². The largest absolute Gasteiger partial charge is 0.496 e. The predicted octanol–water partition coefficient (Wildman–Crippen LogP) is 2.87. The highest BCUT2D eigenvalue weighted by Crippen LogP contribution is 2.27. The molecule has 1 aromatic heterocycles. The van der Waals surface area contributed by atoms with Crippen LogP contribution in [0.3, 0.4) is 0 Å². The molecule has 4 rings (SSSR count). The van der Waals surface area contributed by atoms with E-state index in [0.29, 0.717) is 5.92 Å². The van der Waals surface area contributed by atoms with Crippen molar-refractivity contribution in [2.45, 2.75) is 19.4 Å². The van der Waals surface area contributed by atoms with Crippen LogP contribution in [0.15, 0.2) is 47.3 Å². The number of hydrogen-bond donors (Lipinski definition) is 3. The van der Waals surface area contributed by atoms with E-state index in [0.717, 1.165) is 54.2 Å². The number of nitrogens with one attached hydrogen (secondary N) is 3. The summed E-state index contributed by atoms with van der Waals surface area (Å²) >= 11 is 0. The molecule has 3 aromatic rings. The van der Waals surface area contributed by atoms with Crippen molar-refractivity contribution < 1.29 is 4.74 Å². The molecule has 1 aliphatic heterocycles. The average molecular weight is 366 g/mol. The van der Waals surface area contributed by atoms with E-state index in [1.165, 1.54) is 12.8 Å². The average Bonchev–Trinajstić information content (AvgIpc) is 3.08. The van der Waals surface area contributed by atoms with Crippen LogP contribution in [-0.4, -0.2) is 36.7 Å². The molecule has 2 heterocycles. The molecule has 0 unspecified atom stereocenters. The lowest BCUT2D eigenvalue weighted by atomic mass is 9.97. The normalized spacial score (nSPS) is 15.1. The summed E-state index contributed by atoms with van der Waals surface area (Å²) in [5, 5.41) is 3.44. The highest BCUT2D eigenvalue weighted by molar-refractivity contribution is 5.79. The zero-order valence-corrected chi connectivity index (χ0v) is 15.6. The van der Waals surface area contributed by atoms with E-state index >= 15 is 0 Å². The molecular weight excluding hydrogens is 340 g/mol. The Bertz CT molecular complexity index is 956. The summed E-state index contributed by atoms with van der Waals surface area (Å²) in [4.78, 5) is 19.7. The first-order chi connectivity index (χ1) is 13.2. The molecule has 0 aliphatic carbocycles. The third kappa shape index (κ3) is 4.01. The topological polar surface area (TPSA) is 73.2 Å². The van der Waals surface area contributed by atoms with Gasteiger partial charge in [0.1, 0.15) is 5.75 Å². The monoisotopic (exact) mass is 366 g/mol. The first-order valence-corrected chi connectivity index (χ1v) is 9.52. The fourth-order valence-electron chi connectivity index (χ4n) is 3.89. The van der Waals surface area contributed by atoms with Gasteiger partial charge < -0.3 is 24.9 Å². The van der Waals surface area contributed by atoms with Gasteiger partial charge in [-0.3, -0.25) is 0 Å². The van der Waals surface area contributed by atoms with Crippen molar-refractivity contribution in [1.29, 1.82) is 0 Å². The minimum atomic E-state index is -0.170. The smallest absolute Gasteiger partial charge is 0.323 e. The van der Waals surface area contributed by atoms with E-state index in [2.05, 4.69) is 38.4 Å². The zero-order valence-electron chi connectivity index (χ0n) is 15.6. The molecule has 0 atom stereocenters. The second-order valence-electron chi connectivity index (χ2n) is 7.19. The van der Waals surface area contributed by atoms with Crippen molar-refractivity contribution in [2.24, 2.45) is 5.92 Å². The first kappa shape index (κ1) is 17.7. The summed E-state index contributed by atoms with van der Waals surface area (Å²) in [5.74, 6) is 1.56. The van der Waals surface area contributed by atoms with Crippen LogP contribution in [0.25, 0.3) is 11.0 Å². The van der Waals surface area contributed by atoms with Gasteiger partial charge in [-0.2, -0.15) is 0 Å². The number of H-pyrrole nitrogens is 2. The molecule has 6 nitrogen and oxygen atoms in total. The molecule has 0 bridgehead atoms. The number of para-hydroxylation sites is 1. The molecule has 142 valence electrons. The molecule has 3 N–H and O–H groups in total. The summed E-state index contributed by atoms with van der Waals surface area (Å²) < 4.78 is 5.56. The van der Waals surface area contributed by atoms with E-state index in [1.54, 1.807) is 7.11 Å². The van der Waals surface area contributed by atoms with E-state index in [-0.39, 0.29) is 5.69 Å². The van der Waals surface area contributed by atoms with Crippen LogP contribution in [-0.2, 0) is 6.54 Å². The molecule has 6 heteroatoms. The van der Waals surface area contributed by atoms with Gasteiger partial charge in [0, 0.05) is 24.3 Å². The zero-order chi connectivity index (χ0) is 18.6. The van der Waals surface area contributed by atoms with Gasteiger partial charge in [0.25, 0.3) is 0 Å². The Hall–Kier alpha value is -2.73. The molecule has 0 amide bonds. The van der Waals surface area contributed by atoms with Gasteiger partial charge in [-0.1, -0.05) is 18.2 Å². The molecular formula is C21H26N4O2. The Kier molecular flexibility index (Phi) is 5.16. The van der Waals surface area contributed by atoms with Crippen molar-refractivity contribution in [1.82, 2.24) is 15.3 Å². The third-order valence-corrected chi connectivity index (χ3v) is 5.36. The lowest BCUT2D eigenvalue weighted by Gasteiger charge is -2.32. The molecule has 2 aromatic carbocycles. The maximum absolute atomic E-state index is 11.6. The number of hydrogen-bond acceptors (Lipinski definition) is 4. The lowest BCUT2D eigenvalue weighted by Crippen LogP contribution is -2.36. The number of imidazole rings is 1. The summed E-state index contributed by atoms with van der Waals surface area (Å²) in [5.41, 5.74) is 3.78. The summed E-state index contributed by atoms with van der Waals surface area (Å²) in [6.45, 7) is 3.92. The van der Waals surface area contributed by atoms with Crippen LogP contribution in [0.5, 0.6) is 5.75 Å². The Morgan fingerprint density at radius 1 is 1.07 bits per heavy atom. The van der Waals surface area contributed by atoms with Gasteiger partial charge in [-0.25, -0.2) is 4.79 Å². The summed E-state index contributed by atoms with van der Waals surface area (Å²) in [6, 6.07) is 14.3. The number of rotatable bonds is 6. The van der Waals surface area contributed by atoms with Crippen molar-refractivity contribution >= 4 is 16.7 Å². The lowest BCUT2D eigenvalue weighted by molar-refractivity contribution is 0.371. The number of fused-ring (bicyclic) bond motifs is 1. The Labute approximate surface area is 158 Å². The molecule has 1 saturated heterocycles. The molecule has 0 saturated carbocycles. The van der Waals surface area contributed by atoms with Crippen LogP contribution in [0.2, 0.25) is 0 Å². The third-order valence-electron chi connectivity index (χ3n) is 5.36. The number of methoxy groups -OCH3 is 1. The minimum Gasteiger partial charge on any atom is -0.496 e. The Balaban J connectivity index is 1.66. The Morgan fingerprint density at radius 2 is 1.85 bits per heavy atom. The van der Waals surface area contributed by atoms with E-state index in [1.807, 2.05) is 24.3 Å². The van der Waals surface area contributed by atoms with Gasteiger partial charge in [0.05, 0.1) is 18.1 Å². The van der Waals surface area contributed by atoms with Gasteiger partial charge in [-0.05, 0) is 56.1 Å². The first-order valence-electron chi connectivity index (χ1n) is 9.52. The highest BCUT2D eigenvalue weighted by Gasteiger charge is 2.19. The maximum Gasteiger partial charge on any atom is 0.323 e. The van der Waals surface area contributed by atoms with Gasteiger partial charge in [0.15, 0.2) is 0 Å². The van der Waals surface area contributed by atoms with E-state index < -0.39 is 0 Å². The number of ether oxygens (including phenoxy) is 1. The Morgan fingerprint density at radius 3 is 2.67 bits per heavy atom. The number of piperidine rings is 1. The molecule has 1 fully saturated rings. The van der Waals surface area contributed by atoms with Crippen LogP contribution < -0.4 is 20.6 Å². The maximum atomic E-state index is 11.6. The van der Waals surface area contributed by atoms with Crippen LogP contribution in [0.1, 0.15) is 18.4 Å². The van der Waals surface area contributed by atoms with Crippen molar-refractivity contribution in [3.05, 3.63) is 58.5 Å². The number of aromatic amines is 2. The number of nitrogens with zero attached hydrogens (tertiary/aromatic N) is 1. The number of benzene rings is 2.